The first-order valence-corrected chi connectivity index (χ1v) is 11.7. The Balaban J connectivity index is 1.67. The average Bonchev–Trinajstić information content (AvgIpc) is 3.30. The van der Waals surface area contributed by atoms with Gasteiger partial charge in [-0.05, 0) is 35.4 Å². The summed E-state index contributed by atoms with van der Waals surface area (Å²) in [5.41, 5.74) is -0.961. The zero-order chi connectivity index (χ0) is 24.9. The average molecular weight is 541 g/mol. The fourth-order valence-corrected chi connectivity index (χ4v) is 5.48. The second-order valence-corrected chi connectivity index (χ2v) is 9.64. The Kier molecular flexibility index (Phi) is 5.77. The number of carbonyl (C=O) groups excluding carboxylic acids is 2. The largest absolute Gasteiger partial charge is 0.480 e. The number of anilines is 1. The Labute approximate surface area is 207 Å². The van der Waals surface area contributed by atoms with Crippen molar-refractivity contribution in [1.29, 1.82) is 0 Å². The maximum absolute atomic E-state index is 14.7. The van der Waals surface area contributed by atoms with Gasteiger partial charge in [-0.1, -0.05) is 58.4 Å². The zero-order valence-electron chi connectivity index (χ0n) is 18.1. The van der Waals surface area contributed by atoms with Crippen LogP contribution < -0.4 is 10.2 Å². The molecule has 2 N–H and O–H groups in total. The molecule has 2 heterocycles. The zero-order valence-corrected chi connectivity index (χ0v) is 19.7. The van der Waals surface area contributed by atoms with Crippen LogP contribution in [-0.2, 0) is 20.8 Å². The van der Waals surface area contributed by atoms with E-state index in [4.69, 9.17) is 0 Å². The lowest BCUT2D eigenvalue weighted by atomic mass is 9.76. The molecule has 178 valence electrons. The molecule has 2 fully saturated rings. The molecule has 35 heavy (non-hydrogen) atoms. The number of fused-ring (bicyclic) bond motifs is 1. The van der Waals surface area contributed by atoms with E-state index < -0.39 is 58.5 Å². The van der Waals surface area contributed by atoms with Crippen LogP contribution in [0.15, 0.2) is 77.3 Å². The number of nitrogens with zero attached hydrogens (tertiary/aromatic N) is 1. The van der Waals surface area contributed by atoms with Gasteiger partial charge in [-0.25, -0.2) is 13.7 Å². The van der Waals surface area contributed by atoms with Crippen LogP contribution in [0.1, 0.15) is 17.2 Å². The molecular weight excluding hydrogens is 522 g/mol. The van der Waals surface area contributed by atoms with Gasteiger partial charge in [0.2, 0.25) is 11.8 Å². The SMILES string of the molecule is O=C1[C@H]2[C@@H](C(=O)N1c1ccc(F)cc1F)[C@@](Cc1ccccc1)(C(=O)O)N[C@H]2c1ccc(Br)cc1. The second kappa shape index (κ2) is 8.66. The monoisotopic (exact) mass is 540 g/mol. The number of benzene rings is 3. The van der Waals surface area contributed by atoms with Crippen molar-refractivity contribution in [3.8, 4) is 0 Å². The number of nitrogens with one attached hydrogen (secondary N) is 1. The summed E-state index contributed by atoms with van der Waals surface area (Å²) < 4.78 is 29.0. The molecule has 4 atom stereocenters. The number of carbonyl (C=O) groups is 3. The van der Waals surface area contributed by atoms with Gasteiger partial charge < -0.3 is 5.11 Å². The van der Waals surface area contributed by atoms with Crippen molar-refractivity contribution in [3.05, 3.63) is 100 Å². The van der Waals surface area contributed by atoms with Crippen molar-refractivity contribution in [2.24, 2.45) is 11.8 Å². The van der Waals surface area contributed by atoms with Gasteiger partial charge >= 0.3 is 5.97 Å². The number of halogens is 3. The van der Waals surface area contributed by atoms with Crippen LogP contribution in [-0.4, -0.2) is 28.4 Å². The number of imide groups is 1. The van der Waals surface area contributed by atoms with Crippen LogP contribution in [0.25, 0.3) is 0 Å². The number of aliphatic carboxylic acids is 1. The molecule has 9 heteroatoms. The normalized spacial score (nSPS) is 25.7. The molecule has 3 aromatic rings. The van der Waals surface area contributed by atoms with Gasteiger partial charge in [-0.3, -0.25) is 19.7 Å². The molecule has 0 bridgehead atoms. The molecule has 0 aliphatic carbocycles. The summed E-state index contributed by atoms with van der Waals surface area (Å²) in [5, 5.41) is 13.6. The smallest absolute Gasteiger partial charge is 0.325 e. The van der Waals surface area contributed by atoms with Crippen LogP contribution in [0.2, 0.25) is 0 Å². The van der Waals surface area contributed by atoms with Gasteiger partial charge in [0, 0.05) is 23.0 Å². The van der Waals surface area contributed by atoms with Crippen molar-refractivity contribution < 1.29 is 28.3 Å². The summed E-state index contributed by atoms with van der Waals surface area (Å²) in [4.78, 5) is 40.9. The molecule has 0 unspecified atom stereocenters. The minimum atomic E-state index is -1.83. The van der Waals surface area contributed by atoms with Crippen LogP contribution >= 0.6 is 15.9 Å². The minimum absolute atomic E-state index is 0.0733. The predicted molar refractivity (Wildman–Crippen MR) is 126 cm³/mol. The van der Waals surface area contributed by atoms with E-state index in [-0.39, 0.29) is 6.42 Å². The Morgan fingerprint density at radius 1 is 1.00 bits per heavy atom. The molecule has 2 saturated heterocycles. The van der Waals surface area contributed by atoms with Crippen LogP contribution in [0.4, 0.5) is 14.5 Å². The summed E-state index contributed by atoms with van der Waals surface area (Å²) in [6.07, 6.45) is -0.0733. The van der Waals surface area contributed by atoms with Crippen molar-refractivity contribution in [2.45, 2.75) is 18.0 Å². The Morgan fingerprint density at radius 2 is 1.69 bits per heavy atom. The molecule has 0 radical (unpaired) electrons. The third-order valence-electron chi connectivity index (χ3n) is 6.74. The van der Waals surface area contributed by atoms with Gasteiger partial charge in [-0.15, -0.1) is 0 Å². The van der Waals surface area contributed by atoms with Crippen molar-refractivity contribution in [3.63, 3.8) is 0 Å². The molecule has 2 amide bonds. The number of amides is 2. The predicted octanol–water partition coefficient (Wildman–Crippen LogP) is 4.24. The molecule has 0 aromatic heterocycles. The fraction of sp³-hybridized carbons (Fsp3) is 0.192. The first kappa shape index (κ1) is 23.3. The lowest BCUT2D eigenvalue weighted by molar-refractivity contribution is -0.148. The van der Waals surface area contributed by atoms with Crippen molar-refractivity contribution >= 4 is 39.4 Å². The van der Waals surface area contributed by atoms with Gasteiger partial charge in [0.1, 0.15) is 17.2 Å². The molecular formula is C26H19BrF2N2O4. The third kappa shape index (κ3) is 3.75. The fourth-order valence-electron chi connectivity index (χ4n) is 5.21. The summed E-state index contributed by atoms with van der Waals surface area (Å²) >= 11 is 3.36. The second-order valence-electron chi connectivity index (χ2n) is 8.72. The molecule has 5 rings (SSSR count). The standard InChI is InChI=1S/C26H19BrF2N2O4/c27-16-8-6-15(7-9-16)22-20-21(26(30-22,25(34)35)13-14-4-2-1-3-5-14)24(33)31(23(20)32)19-11-10-17(28)12-18(19)29/h1-12,20-22,30H,13H2,(H,34,35)/t20-,21-,22-,26-/m0/s1. The number of hydrogen-bond acceptors (Lipinski definition) is 4. The molecule has 0 spiro atoms. The number of carboxylic acids is 1. The van der Waals surface area contributed by atoms with E-state index in [9.17, 15) is 28.3 Å². The van der Waals surface area contributed by atoms with Gasteiger partial charge in [0.25, 0.3) is 0 Å². The molecule has 3 aromatic carbocycles. The topological polar surface area (TPSA) is 86.7 Å². The van der Waals surface area contributed by atoms with Crippen molar-refractivity contribution in [2.75, 3.05) is 4.90 Å². The number of carboxylic acid groups (broad SMARTS) is 1. The highest BCUT2D eigenvalue weighted by molar-refractivity contribution is 9.10. The highest BCUT2D eigenvalue weighted by Crippen LogP contribution is 2.51. The van der Waals surface area contributed by atoms with Gasteiger partial charge in [0.05, 0.1) is 17.5 Å². The van der Waals surface area contributed by atoms with Crippen molar-refractivity contribution in [1.82, 2.24) is 5.32 Å². The van der Waals surface area contributed by atoms with E-state index in [2.05, 4.69) is 21.2 Å². The third-order valence-corrected chi connectivity index (χ3v) is 7.27. The summed E-state index contributed by atoms with van der Waals surface area (Å²) in [7, 11) is 0. The first-order chi connectivity index (χ1) is 16.7. The lowest BCUT2D eigenvalue weighted by Gasteiger charge is -2.31. The molecule has 2 aliphatic rings. The first-order valence-electron chi connectivity index (χ1n) is 10.9. The number of hydrogen-bond donors (Lipinski definition) is 2. The highest BCUT2D eigenvalue weighted by atomic mass is 79.9. The molecule has 6 nitrogen and oxygen atoms in total. The Morgan fingerprint density at radius 3 is 2.31 bits per heavy atom. The number of rotatable bonds is 5. The minimum Gasteiger partial charge on any atom is -0.480 e. The van der Waals surface area contributed by atoms with E-state index in [0.29, 0.717) is 22.1 Å². The lowest BCUT2D eigenvalue weighted by Crippen LogP contribution is -2.57. The van der Waals surface area contributed by atoms with Crippen LogP contribution in [0, 0.1) is 23.5 Å². The van der Waals surface area contributed by atoms with Gasteiger partial charge in [0.15, 0.2) is 0 Å². The van der Waals surface area contributed by atoms with Crippen LogP contribution in [0.3, 0.4) is 0 Å². The maximum atomic E-state index is 14.7. The quantitative estimate of drug-likeness (QED) is 0.472. The Bertz CT molecular complexity index is 1330. The van der Waals surface area contributed by atoms with Gasteiger partial charge in [-0.2, -0.15) is 0 Å². The summed E-state index contributed by atoms with van der Waals surface area (Å²) in [6, 6.07) is 17.5. The highest BCUT2D eigenvalue weighted by Gasteiger charge is 2.68. The van der Waals surface area contributed by atoms with E-state index >= 15 is 0 Å². The molecule has 0 saturated carbocycles. The van der Waals surface area contributed by atoms with E-state index in [0.717, 1.165) is 16.6 Å². The summed E-state index contributed by atoms with van der Waals surface area (Å²) in [5.74, 6) is -7.22. The van der Waals surface area contributed by atoms with Crippen LogP contribution in [0.5, 0.6) is 0 Å². The Hall–Kier alpha value is -3.43. The summed E-state index contributed by atoms with van der Waals surface area (Å²) in [6.45, 7) is 0. The van der Waals surface area contributed by atoms with E-state index in [1.54, 1.807) is 54.6 Å². The van der Waals surface area contributed by atoms with E-state index in [1.807, 2.05) is 0 Å². The van der Waals surface area contributed by atoms with E-state index in [1.165, 1.54) is 0 Å². The maximum Gasteiger partial charge on any atom is 0.325 e. The molecule has 2 aliphatic heterocycles.